The van der Waals surface area contributed by atoms with E-state index in [0.717, 1.165) is 4.31 Å². The van der Waals surface area contributed by atoms with E-state index in [9.17, 15) is 31.5 Å². The van der Waals surface area contributed by atoms with Crippen LogP contribution in [0, 0.1) is 0 Å². The average molecular weight is 380 g/mol. The highest BCUT2D eigenvalue weighted by Gasteiger charge is 2.55. The fraction of sp³-hybridized carbons (Fsp3) is 0.533. The van der Waals surface area contributed by atoms with Gasteiger partial charge in [0.15, 0.2) is 5.60 Å². The van der Waals surface area contributed by atoms with Gasteiger partial charge in [0.05, 0.1) is 4.90 Å². The van der Waals surface area contributed by atoms with Gasteiger partial charge in [-0.3, -0.25) is 4.79 Å². The molecule has 1 aliphatic heterocycles. The average Bonchev–Trinajstić information content (AvgIpc) is 2.53. The Labute approximate surface area is 143 Å². The summed E-state index contributed by atoms with van der Waals surface area (Å²) in [6.45, 7) is -0.908. The van der Waals surface area contributed by atoms with E-state index >= 15 is 0 Å². The molecule has 0 saturated carbocycles. The van der Waals surface area contributed by atoms with Crippen LogP contribution in [0.4, 0.5) is 13.2 Å². The van der Waals surface area contributed by atoms with Crippen LogP contribution in [0.1, 0.15) is 23.2 Å². The molecule has 6 nitrogen and oxygen atoms in total. The van der Waals surface area contributed by atoms with Gasteiger partial charge in [-0.25, -0.2) is 8.42 Å². The van der Waals surface area contributed by atoms with Crippen LogP contribution in [0.25, 0.3) is 0 Å². The lowest BCUT2D eigenvalue weighted by Gasteiger charge is -2.38. The molecule has 25 heavy (non-hydrogen) atoms. The summed E-state index contributed by atoms with van der Waals surface area (Å²) in [5, 5.41) is 9.64. The molecular formula is C15H19F3N2O4S. The molecule has 1 fully saturated rings. The predicted octanol–water partition coefficient (Wildman–Crippen LogP) is 1.47. The Morgan fingerprint density at radius 3 is 2.28 bits per heavy atom. The van der Waals surface area contributed by atoms with Crippen molar-refractivity contribution in [2.24, 2.45) is 0 Å². The van der Waals surface area contributed by atoms with Crippen molar-refractivity contribution in [2.75, 3.05) is 27.2 Å². The Balaban J connectivity index is 2.24. The minimum absolute atomic E-state index is 0.162. The lowest BCUT2D eigenvalue weighted by Crippen LogP contribution is -2.54. The van der Waals surface area contributed by atoms with Crippen molar-refractivity contribution in [3.63, 3.8) is 0 Å². The van der Waals surface area contributed by atoms with Crippen LogP contribution in [0.2, 0.25) is 0 Å². The number of halogens is 3. The van der Waals surface area contributed by atoms with Crippen LogP contribution < -0.4 is 0 Å². The van der Waals surface area contributed by atoms with E-state index in [4.69, 9.17) is 0 Å². The van der Waals surface area contributed by atoms with Crippen LogP contribution in [0.15, 0.2) is 29.2 Å². The van der Waals surface area contributed by atoms with Gasteiger partial charge in [0.1, 0.15) is 0 Å². The highest BCUT2D eigenvalue weighted by atomic mass is 32.2. The first-order chi connectivity index (χ1) is 11.4. The lowest BCUT2D eigenvalue weighted by atomic mass is 9.92. The van der Waals surface area contributed by atoms with Gasteiger partial charge < -0.3 is 10.0 Å². The molecule has 0 unspecified atom stereocenters. The molecule has 1 aromatic carbocycles. The third-order valence-electron chi connectivity index (χ3n) is 4.20. The van der Waals surface area contributed by atoms with Gasteiger partial charge in [-0.2, -0.15) is 17.5 Å². The van der Waals surface area contributed by atoms with E-state index in [-0.39, 0.29) is 16.4 Å². The van der Waals surface area contributed by atoms with E-state index in [1.54, 1.807) is 0 Å². The van der Waals surface area contributed by atoms with Gasteiger partial charge in [-0.15, -0.1) is 0 Å². The molecule has 140 valence electrons. The number of alkyl halides is 3. The van der Waals surface area contributed by atoms with Gasteiger partial charge in [0.25, 0.3) is 5.91 Å². The maximum absolute atomic E-state index is 12.8. The molecule has 0 aliphatic carbocycles. The summed E-state index contributed by atoms with van der Waals surface area (Å²) >= 11 is 0. The maximum Gasteiger partial charge on any atom is 0.417 e. The number of amides is 1. The number of sulfonamides is 1. The summed E-state index contributed by atoms with van der Waals surface area (Å²) in [5.41, 5.74) is -2.71. The second-order valence-electron chi connectivity index (χ2n) is 6.16. The first kappa shape index (κ1) is 19.7. The van der Waals surface area contributed by atoms with Crippen molar-refractivity contribution >= 4 is 15.9 Å². The van der Waals surface area contributed by atoms with Gasteiger partial charge in [0.2, 0.25) is 10.0 Å². The van der Waals surface area contributed by atoms with Crippen molar-refractivity contribution < 1.29 is 31.5 Å². The van der Waals surface area contributed by atoms with E-state index in [1.807, 2.05) is 0 Å². The van der Waals surface area contributed by atoms with Crippen LogP contribution in [-0.4, -0.2) is 67.6 Å². The topological polar surface area (TPSA) is 77.9 Å². The lowest BCUT2D eigenvalue weighted by molar-refractivity contribution is -0.270. The second-order valence-corrected chi connectivity index (χ2v) is 8.10. The fourth-order valence-corrected chi connectivity index (χ4v) is 4.06. The van der Waals surface area contributed by atoms with Crippen molar-refractivity contribution in [2.45, 2.75) is 29.5 Å². The number of aliphatic hydroxyl groups is 1. The molecule has 1 saturated heterocycles. The summed E-state index contributed by atoms with van der Waals surface area (Å²) in [4.78, 5) is 13.1. The van der Waals surface area contributed by atoms with Gasteiger partial charge in [-0.05, 0) is 31.0 Å². The van der Waals surface area contributed by atoms with Crippen LogP contribution in [0.5, 0.6) is 0 Å². The molecule has 1 amide bonds. The second kappa shape index (κ2) is 6.58. The molecule has 0 aromatic heterocycles. The van der Waals surface area contributed by atoms with Crippen LogP contribution >= 0.6 is 0 Å². The normalized spacial score (nSPS) is 18.8. The quantitative estimate of drug-likeness (QED) is 0.861. The van der Waals surface area contributed by atoms with Crippen molar-refractivity contribution in [3.8, 4) is 0 Å². The predicted molar refractivity (Wildman–Crippen MR) is 83.5 cm³/mol. The van der Waals surface area contributed by atoms with Crippen molar-refractivity contribution in [1.29, 1.82) is 0 Å². The highest BCUT2D eigenvalue weighted by Crippen LogP contribution is 2.39. The first-order valence-electron chi connectivity index (χ1n) is 7.49. The maximum atomic E-state index is 12.8. The fourth-order valence-electron chi connectivity index (χ4n) is 2.58. The summed E-state index contributed by atoms with van der Waals surface area (Å²) in [5.74, 6) is -0.387. The molecule has 0 spiro atoms. The number of hydrogen-bond donors (Lipinski definition) is 1. The Hall–Kier alpha value is -1.65. The Bertz CT molecular complexity index is 754. The summed E-state index contributed by atoms with van der Waals surface area (Å²) in [7, 11) is -1.02. The molecule has 0 atom stereocenters. The third kappa shape index (κ3) is 3.80. The Morgan fingerprint density at radius 1 is 1.24 bits per heavy atom. The van der Waals surface area contributed by atoms with Gasteiger partial charge in [0, 0.05) is 32.7 Å². The molecule has 1 heterocycles. The number of nitrogens with zero attached hydrogens (tertiary/aromatic N) is 2. The zero-order valence-corrected chi connectivity index (χ0v) is 14.6. The number of hydrogen-bond acceptors (Lipinski definition) is 4. The highest BCUT2D eigenvalue weighted by molar-refractivity contribution is 7.89. The van der Waals surface area contributed by atoms with Gasteiger partial charge in [-0.1, -0.05) is 6.07 Å². The van der Waals surface area contributed by atoms with E-state index in [1.165, 1.54) is 43.3 Å². The number of carbonyl (C=O) groups excluding carboxylic acids is 1. The Kier molecular flexibility index (Phi) is 5.18. The van der Waals surface area contributed by atoms with E-state index in [2.05, 4.69) is 0 Å². The Morgan fingerprint density at radius 2 is 1.80 bits per heavy atom. The smallest absolute Gasteiger partial charge is 0.380 e. The number of piperidine rings is 1. The molecule has 1 aliphatic rings. The van der Waals surface area contributed by atoms with E-state index in [0.29, 0.717) is 0 Å². The number of benzene rings is 1. The van der Waals surface area contributed by atoms with E-state index < -0.39 is 47.7 Å². The molecule has 10 heteroatoms. The summed E-state index contributed by atoms with van der Waals surface area (Å²) < 4.78 is 64.6. The van der Waals surface area contributed by atoms with Gasteiger partial charge >= 0.3 is 6.18 Å². The molecule has 1 aromatic rings. The van der Waals surface area contributed by atoms with Crippen LogP contribution in [-0.2, 0) is 10.0 Å². The van der Waals surface area contributed by atoms with Crippen molar-refractivity contribution in [3.05, 3.63) is 29.8 Å². The molecule has 1 N–H and O–H groups in total. The number of carbonyl (C=O) groups is 1. The number of rotatable bonds is 3. The molecular weight excluding hydrogens is 361 g/mol. The summed E-state index contributed by atoms with van der Waals surface area (Å²) in [6, 6.07) is 5.34. The zero-order chi connectivity index (χ0) is 19.0. The van der Waals surface area contributed by atoms with Crippen molar-refractivity contribution in [1.82, 2.24) is 9.21 Å². The summed E-state index contributed by atoms with van der Waals surface area (Å²) in [6.07, 6.45) is -6.26. The SMILES string of the molecule is CN(C)C(=O)c1cccc(S(=O)(=O)N2CCC(O)(C(F)(F)F)CC2)c1. The third-order valence-corrected chi connectivity index (χ3v) is 6.10. The monoisotopic (exact) mass is 380 g/mol. The minimum Gasteiger partial charge on any atom is -0.380 e. The zero-order valence-electron chi connectivity index (χ0n) is 13.7. The minimum atomic E-state index is -4.80. The molecule has 2 rings (SSSR count). The molecule has 0 radical (unpaired) electrons. The largest absolute Gasteiger partial charge is 0.417 e. The van der Waals surface area contributed by atoms with Crippen LogP contribution in [0.3, 0.4) is 0 Å². The first-order valence-corrected chi connectivity index (χ1v) is 8.93. The molecule has 0 bridgehead atoms. The standard InChI is InChI=1S/C15H19F3N2O4S/c1-19(2)13(21)11-4-3-5-12(10-11)25(23,24)20-8-6-14(22,7-9-20)15(16,17)18/h3-5,10,22H,6-9H2,1-2H3.